The molecule has 2 unspecified atom stereocenters. The fourth-order valence-electron chi connectivity index (χ4n) is 8.39. The third-order valence-electron chi connectivity index (χ3n) is 11.7. The lowest BCUT2D eigenvalue weighted by molar-refractivity contribution is 0.0869. The molecule has 4 aromatic carbocycles. The Morgan fingerprint density at radius 3 is 1.25 bits per heavy atom. The standard InChI is InChI=1S/C49H62O6/c1-5-7-9-11-13-15-29-49(30-16-14-12-10-8-6-2)43-31-37(47(52)33-45(50)35-17-23-39(54-3)24-18-35)21-27-41(43)42-28-22-38(32-44(42)49)48(53)34-46(51)36-19-25-40(55-4)26-20-36/h17-28,31-32,45-46,50-51H,5-16,29-30,33-34H2,1-4H3. The van der Waals surface area contributed by atoms with Crippen LogP contribution in [0.15, 0.2) is 84.9 Å². The topological polar surface area (TPSA) is 93.1 Å². The molecule has 55 heavy (non-hydrogen) atoms. The van der Waals surface area contributed by atoms with E-state index in [1.54, 1.807) is 62.8 Å². The molecule has 5 rings (SSSR count). The quantitative estimate of drug-likeness (QED) is 0.0548. The molecule has 0 amide bonds. The number of ketones is 2. The van der Waals surface area contributed by atoms with E-state index in [1.165, 1.54) is 51.4 Å². The van der Waals surface area contributed by atoms with Crippen LogP contribution >= 0.6 is 0 Å². The van der Waals surface area contributed by atoms with Crippen molar-refractivity contribution in [3.05, 3.63) is 118 Å². The van der Waals surface area contributed by atoms with E-state index in [4.69, 9.17) is 9.47 Å². The Morgan fingerprint density at radius 2 is 0.891 bits per heavy atom. The molecule has 0 radical (unpaired) electrons. The van der Waals surface area contributed by atoms with Gasteiger partial charge >= 0.3 is 0 Å². The zero-order valence-electron chi connectivity index (χ0n) is 33.6. The number of unbranched alkanes of at least 4 members (excludes halogenated alkanes) is 10. The number of carbonyl (C=O) groups excluding carboxylic acids is 2. The fraction of sp³-hybridized carbons (Fsp3) is 0.469. The molecule has 294 valence electrons. The normalized spacial score (nSPS) is 13.9. The fourth-order valence-corrected chi connectivity index (χ4v) is 8.39. The van der Waals surface area contributed by atoms with Crippen LogP contribution in [-0.2, 0) is 5.41 Å². The highest BCUT2D eigenvalue weighted by Gasteiger charge is 2.43. The number of hydrogen-bond acceptors (Lipinski definition) is 6. The third-order valence-corrected chi connectivity index (χ3v) is 11.7. The molecule has 0 heterocycles. The van der Waals surface area contributed by atoms with Crippen LogP contribution in [0, 0.1) is 0 Å². The van der Waals surface area contributed by atoms with E-state index < -0.39 is 12.2 Å². The van der Waals surface area contributed by atoms with Crippen molar-refractivity contribution in [2.75, 3.05) is 14.2 Å². The van der Waals surface area contributed by atoms with E-state index >= 15 is 0 Å². The van der Waals surface area contributed by atoms with E-state index in [-0.39, 0.29) is 29.8 Å². The Hall–Kier alpha value is -4.26. The lowest BCUT2D eigenvalue weighted by Gasteiger charge is -2.33. The second-order valence-electron chi connectivity index (χ2n) is 15.5. The lowest BCUT2D eigenvalue weighted by atomic mass is 9.70. The van der Waals surface area contributed by atoms with Gasteiger partial charge in [-0.2, -0.15) is 0 Å². The van der Waals surface area contributed by atoms with Crippen molar-refractivity contribution in [3.8, 4) is 22.6 Å². The number of ether oxygens (including phenoxy) is 2. The van der Waals surface area contributed by atoms with Gasteiger partial charge in [0.15, 0.2) is 11.6 Å². The van der Waals surface area contributed by atoms with Crippen LogP contribution in [0.3, 0.4) is 0 Å². The van der Waals surface area contributed by atoms with Gasteiger partial charge in [0, 0.05) is 29.4 Å². The van der Waals surface area contributed by atoms with Crippen molar-refractivity contribution >= 4 is 11.6 Å². The van der Waals surface area contributed by atoms with E-state index in [0.29, 0.717) is 33.8 Å². The molecule has 0 saturated heterocycles. The summed E-state index contributed by atoms with van der Waals surface area (Å²) in [6.45, 7) is 4.48. The summed E-state index contributed by atoms with van der Waals surface area (Å²) in [7, 11) is 3.21. The molecule has 1 aliphatic carbocycles. The molecule has 2 N–H and O–H groups in total. The van der Waals surface area contributed by atoms with Crippen molar-refractivity contribution in [2.45, 2.75) is 134 Å². The molecular formula is C49H62O6. The van der Waals surface area contributed by atoms with Gasteiger partial charge in [-0.3, -0.25) is 9.59 Å². The van der Waals surface area contributed by atoms with E-state index in [1.807, 2.05) is 12.1 Å². The second-order valence-corrected chi connectivity index (χ2v) is 15.5. The van der Waals surface area contributed by atoms with Crippen molar-refractivity contribution in [2.24, 2.45) is 0 Å². The number of Topliss-reactive ketones (excluding diaryl/α,β-unsaturated/α-hetero) is 2. The largest absolute Gasteiger partial charge is 0.497 e. The Kier molecular flexibility index (Phi) is 15.7. The molecule has 6 nitrogen and oxygen atoms in total. The number of hydrogen-bond donors (Lipinski definition) is 2. The highest BCUT2D eigenvalue weighted by molar-refractivity contribution is 6.00. The van der Waals surface area contributed by atoms with Gasteiger partial charge in [0.05, 0.1) is 26.4 Å². The van der Waals surface area contributed by atoms with Crippen molar-refractivity contribution in [1.29, 1.82) is 0 Å². The van der Waals surface area contributed by atoms with E-state index in [2.05, 4.69) is 38.1 Å². The molecule has 6 heteroatoms. The lowest BCUT2D eigenvalue weighted by Crippen LogP contribution is -2.26. The summed E-state index contributed by atoms with van der Waals surface area (Å²) in [6.07, 6.45) is 14.1. The van der Waals surface area contributed by atoms with Gasteiger partial charge < -0.3 is 19.7 Å². The van der Waals surface area contributed by atoms with Gasteiger partial charge in [0.25, 0.3) is 0 Å². The first-order valence-electron chi connectivity index (χ1n) is 20.7. The van der Waals surface area contributed by atoms with Crippen molar-refractivity contribution < 1.29 is 29.3 Å². The first-order valence-corrected chi connectivity index (χ1v) is 20.7. The minimum atomic E-state index is -0.929. The number of carbonyl (C=O) groups is 2. The van der Waals surface area contributed by atoms with Crippen LogP contribution in [0.25, 0.3) is 11.1 Å². The molecule has 0 fully saturated rings. The van der Waals surface area contributed by atoms with Crippen LogP contribution in [0.5, 0.6) is 11.5 Å². The van der Waals surface area contributed by atoms with E-state index in [9.17, 15) is 19.8 Å². The average molecular weight is 747 g/mol. The highest BCUT2D eigenvalue weighted by atomic mass is 16.5. The van der Waals surface area contributed by atoms with Crippen molar-refractivity contribution in [1.82, 2.24) is 0 Å². The molecular weight excluding hydrogens is 685 g/mol. The van der Waals surface area contributed by atoms with Crippen LogP contribution in [0.2, 0.25) is 0 Å². The number of aliphatic hydroxyl groups excluding tert-OH is 2. The summed E-state index contributed by atoms with van der Waals surface area (Å²) in [5.41, 5.74) is 6.79. The summed E-state index contributed by atoms with van der Waals surface area (Å²) in [6, 6.07) is 26.6. The van der Waals surface area contributed by atoms with Gasteiger partial charge in [0.1, 0.15) is 11.5 Å². The van der Waals surface area contributed by atoms with Gasteiger partial charge in [-0.1, -0.05) is 139 Å². The summed E-state index contributed by atoms with van der Waals surface area (Å²) in [5, 5.41) is 22.2. The van der Waals surface area contributed by atoms with E-state index in [0.717, 1.165) is 60.8 Å². The Labute approximate surface area is 329 Å². The van der Waals surface area contributed by atoms with Crippen LogP contribution < -0.4 is 9.47 Å². The average Bonchev–Trinajstić information content (AvgIpc) is 3.48. The number of methoxy groups -OCH3 is 2. The van der Waals surface area contributed by atoms with Crippen molar-refractivity contribution in [3.63, 3.8) is 0 Å². The summed E-state index contributed by atoms with van der Waals surface area (Å²) >= 11 is 0. The molecule has 0 aliphatic heterocycles. The zero-order chi connectivity index (χ0) is 39.2. The number of fused-ring (bicyclic) bond motifs is 3. The van der Waals surface area contributed by atoms with Crippen LogP contribution in [0.4, 0.5) is 0 Å². The molecule has 0 saturated carbocycles. The second kappa shape index (κ2) is 20.6. The first kappa shape index (κ1) is 41.9. The number of aliphatic hydroxyl groups is 2. The minimum absolute atomic E-state index is 0.0188. The number of benzene rings is 4. The molecule has 0 spiro atoms. The Balaban J connectivity index is 1.48. The Morgan fingerprint density at radius 1 is 0.527 bits per heavy atom. The first-order chi connectivity index (χ1) is 26.7. The monoisotopic (exact) mass is 746 g/mol. The Bertz CT molecular complexity index is 1690. The summed E-state index contributed by atoms with van der Waals surface area (Å²) in [5.74, 6) is 1.20. The minimum Gasteiger partial charge on any atom is -0.497 e. The predicted octanol–water partition coefficient (Wildman–Crippen LogP) is 12.1. The van der Waals surface area contributed by atoms with Crippen LogP contribution in [0.1, 0.15) is 172 Å². The molecule has 1 aliphatic rings. The predicted molar refractivity (Wildman–Crippen MR) is 222 cm³/mol. The van der Waals surface area contributed by atoms with Crippen LogP contribution in [-0.4, -0.2) is 36.0 Å². The van der Waals surface area contributed by atoms with Gasteiger partial charge in [-0.05, 0) is 82.6 Å². The SMILES string of the molecule is CCCCCCCCC1(CCCCCCCC)c2cc(C(=O)CC(O)c3ccc(OC)cc3)ccc2-c2ccc(C(=O)CC(O)c3ccc(OC)cc3)cc21. The van der Waals surface area contributed by atoms with Gasteiger partial charge in [-0.15, -0.1) is 0 Å². The highest BCUT2D eigenvalue weighted by Crippen LogP contribution is 2.55. The maximum atomic E-state index is 13.9. The maximum Gasteiger partial charge on any atom is 0.165 e. The molecule has 2 atom stereocenters. The zero-order valence-corrected chi connectivity index (χ0v) is 33.6. The van der Waals surface area contributed by atoms with Gasteiger partial charge in [-0.25, -0.2) is 0 Å². The molecule has 0 aromatic heterocycles. The summed E-state index contributed by atoms with van der Waals surface area (Å²) in [4.78, 5) is 27.8. The molecule has 4 aromatic rings. The maximum absolute atomic E-state index is 13.9. The third kappa shape index (κ3) is 10.5. The summed E-state index contributed by atoms with van der Waals surface area (Å²) < 4.78 is 10.5. The molecule has 0 bridgehead atoms. The number of rotatable bonds is 24. The van der Waals surface area contributed by atoms with Gasteiger partial charge in [0.2, 0.25) is 0 Å². The smallest absolute Gasteiger partial charge is 0.165 e.